The molecule has 2 aromatic carbocycles. The van der Waals surface area contributed by atoms with Crippen molar-refractivity contribution in [3.63, 3.8) is 0 Å². The molecule has 0 radical (unpaired) electrons. The van der Waals surface area contributed by atoms with Crippen LogP contribution >= 0.6 is 35.0 Å². The Kier molecular flexibility index (Phi) is 5.21. The van der Waals surface area contributed by atoms with E-state index in [1.807, 2.05) is 55.5 Å². The molecule has 5 heteroatoms. The Labute approximate surface area is 149 Å². The molecule has 0 aliphatic rings. The summed E-state index contributed by atoms with van der Waals surface area (Å²) in [5.74, 6) is 0.702. The van der Waals surface area contributed by atoms with E-state index in [1.165, 1.54) is 0 Å². The Morgan fingerprint density at radius 3 is 2.48 bits per heavy atom. The first-order valence-electron chi connectivity index (χ1n) is 7.09. The van der Waals surface area contributed by atoms with Crippen LogP contribution in [0.5, 0.6) is 0 Å². The largest absolute Gasteiger partial charge is 0.228 e. The van der Waals surface area contributed by atoms with Crippen molar-refractivity contribution < 1.29 is 0 Å². The number of aryl methyl sites for hydroxylation is 1. The van der Waals surface area contributed by atoms with Gasteiger partial charge >= 0.3 is 0 Å². The van der Waals surface area contributed by atoms with Crippen molar-refractivity contribution in [3.05, 3.63) is 75.9 Å². The van der Waals surface area contributed by atoms with Gasteiger partial charge < -0.3 is 0 Å². The highest BCUT2D eigenvalue weighted by Crippen LogP contribution is 2.28. The highest BCUT2D eigenvalue weighted by Gasteiger charge is 2.07. The van der Waals surface area contributed by atoms with Crippen LogP contribution in [-0.2, 0) is 5.75 Å². The summed E-state index contributed by atoms with van der Waals surface area (Å²) in [5.41, 5.74) is 3.99. The monoisotopic (exact) mass is 360 g/mol. The van der Waals surface area contributed by atoms with Crippen molar-refractivity contribution in [2.75, 3.05) is 0 Å². The second kappa shape index (κ2) is 7.35. The maximum absolute atomic E-state index is 6.22. The van der Waals surface area contributed by atoms with Gasteiger partial charge in [0.25, 0.3) is 0 Å². The van der Waals surface area contributed by atoms with Crippen LogP contribution in [0.4, 0.5) is 0 Å². The third-order valence-electron chi connectivity index (χ3n) is 3.28. The van der Waals surface area contributed by atoms with Gasteiger partial charge in [0.05, 0.1) is 5.69 Å². The van der Waals surface area contributed by atoms with Gasteiger partial charge in [-0.1, -0.05) is 71.4 Å². The summed E-state index contributed by atoms with van der Waals surface area (Å²) in [6, 6.07) is 17.6. The third-order valence-corrected chi connectivity index (χ3v) is 4.76. The average molecular weight is 361 g/mol. The molecule has 0 aliphatic heterocycles. The van der Waals surface area contributed by atoms with E-state index in [4.69, 9.17) is 23.2 Å². The molecule has 116 valence electrons. The van der Waals surface area contributed by atoms with E-state index in [0.717, 1.165) is 27.7 Å². The Bertz CT molecular complexity index is 823. The summed E-state index contributed by atoms with van der Waals surface area (Å²) in [5, 5.41) is 2.05. The fourth-order valence-corrected chi connectivity index (χ4v) is 3.61. The molecule has 0 saturated heterocycles. The summed E-state index contributed by atoms with van der Waals surface area (Å²) < 4.78 is 0. The number of rotatable bonds is 4. The van der Waals surface area contributed by atoms with Crippen LogP contribution < -0.4 is 0 Å². The van der Waals surface area contributed by atoms with Crippen molar-refractivity contribution in [3.8, 4) is 11.3 Å². The standard InChI is InChI=1S/C18H14Cl2N2S/c1-12-9-17(13-5-3-2-4-6-13)22-18(21-12)23-11-14-7-8-15(19)10-16(14)20/h2-10H,11H2,1H3. The number of thioether (sulfide) groups is 1. The van der Waals surface area contributed by atoms with E-state index >= 15 is 0 Å². The lowest BCUT2D eigenvalue weighted by Crippen LogP contribution is -1.94. The first kappa shape index (κ1) is 16.3. The van der Waals surface area contributed by atoms with Gasteiger partial charge in [-0.25, -0.2) is 9.97 Å². The minimum absolute atomic E-state index is 0.641. The zero-order chi connectivity index (χ0) is 16.2. The molecule has 1 heterocycles. The average Bonchev–Trinajstić information content (AvgIpc) is 2.54. The minimum Gasteiger partial charge on any atom is -0.228 e. The fourth-order valence-electron chi connectivity index (χ4n) is 2.14. The van der Waals surface area contributed by atoms with Crippen LogP contribution in [0.3, 0.4) is 0 Å². The zero-order valence-corrected chi connectivity index (χ0v) is 14.8. The van der Waals surface area contributed by atoms with Crippen LogP contribution in [0.1, 0.15) is 11.3 Å². The summed E-state index contributed by atoms with van der Waals surface area (Å²) >= 11 is 13.7. The summed E-state index contributed by atoms with van der Waals surface area (Å²) in [7, 11) is 0. The van der Waals surface area contributed by atoms with E-state index in [-0.39, 0.29) is 0 Å². The Hall–Kier alpha value is -1.55. The van der Waals surface area contributed by atoms with E-state index < -0.39 is 0 Å². The van der Waals surface area contributed by atoms with Crippen molar-refractivity contribution in [2.24, 2.45) is 0 Å². The van der Waals surface area contributed by atoms with Gasteiger partial charge in [-0.05, 0) is 30.7 Å². The normalized spacial score (nSPS) is 10.7. The van der Waals surface area contributed by atoms with E-state index in [9.17, 15) is 0 Å². The first-order chi connectivity index (χ1) is 11.1. The van der Waals surface area contributed by atoms with Gasteiger partial charge in [-0.3, -0.25) is 0 Å². The molecule has 3 rings (SSSR count). The van der Waals surface area contributed by atoms with Crippen molar-refractivity contribution in [1.29, 1.82) is 0 Å². The number of halogens is 2. The Morgan fingerprint density at radius 1 is 0.957 bits per heavy atom. The number of benzene rings is 2. The molecule has 0 aliphatic carbocycles. The van der Waals surface area contributed by atoms with Crippen LogP contribution in [0.25, 0.3) is 11.3 Å². The van der Waals surface area contributed by atoms with Crippen molar-refractivity contribution in [1.82, 2.24) is 9.97 Å². The highest BCUT2D eigenvalue weighted by molar-refractivity contribution is 7.98. The lowest BCUT2D eigenvalue weighted by atomic mass is 10.1. The maximum atomic E-state index is 6.22. The maximum Gasteiger partial charge on any atom is 0.188 e. The molecule has 0 spiro atoms. The topological polar surface area (TPSA) is 25.8 Å². The summed E-state index contributed by atoms with van der Waals surface area (Å²) in [6.07, 6.45) is 0. The van der Waals surface area contributed by atoms with Gasteiger partial charge in [0, 0.05) is 27.1 Å². The lowest BCUT2D eigenvalue weighted by molar-refractivity contribution is 0.937. The lowest BCUT2D eigenvalue weighted by Gasteiger charge is -2.07. The third kappa shape index (κ3) is 4.25. The van der Waals surface area contributed by atoms with Crippen molar-refractivity contribution >= 4 is 35.0 Å². The Balaban J connectivity index is 1.82. The molecule has 0 bridgehead atoms. The van der Waals surface area contributed by atoms with E-state index in [2.05, 4.69) is 9.97 Å². The second-order valence-electron chi connectivity index (χ2n) is 5.07. The molecule has 0 N–H and O–H groups in total. The molecular weight excluding hydrogens is 347 g/mol. The molecule has 2 nitrogen and oxygen atoms in total. The summed E-state index contributed by atoms with van der Waals surface area (Å²) in [6.45, 7) is 1.98. The van der Waals surface area contributed by atoms with Gasteiger partial charge in [-0.2, -0.15) is 0 Å². The molecule has 1 aromatic heterocycles. The van der Waals surface area contributed by atoms with Crippen LogP contribution in [0.2, 0.25) is 10.0 Å². The quantitative estimate of drug-likeness (QED) is 0.418. The Morgan fingerprint density at radius 2 is 1.74 bits per heavy atom. The molecule has 0 unspecified atom stereocenters. The van der Waals surface area contributed by atoms with Crippen LogP contribution in [0.15, 0.2) is 59.8 Å². The fraction of sp³-hybridized carbons (Fsp3) is 0.111. The number of hydrogen-bond acceptors (Lipinski definition) is 3. The molecule has 0 saturated carbocycles. The predicted octanol–water partition coefficient (Wildman–Crippen LogP) is 6.05. The first-order valence-corrected chi connectivity index (χ1v) is 8.84. The smallest absolute Gasteiger partial charge is 0.188 e. The molecule has 3 aromatic rings. The van der Waals surface area contributed by atoms with E-state index in [0.29, 0.717) is 15.8 Å². The number of nitrogens with zero attached hydrogens (tertiary/aromatic N) is 2. The van der Waals surface area contributed by atoms with Gasteiger partial charge in [-0.15, -0.1) is 0 Å². The van der Waals surface area contributed by atoms with Crippen LogP contribution in [0, 0.1) is 6.92 Å². The summed E-state index contributed by atoms with van der Waals surface area (Å²) in [4.78, 5) is 9.15. The highest BCUT2D eigenvalue weighted by atomic mass is 35.5. The number of hydrogen-bond donors (Lipinski definition) is 0. The predicted molar refractivity (Wildman–Crippen MR) is 98.2 cm³/mol. The molecular formula is C18H14Cl2N2S. The second-order valence-corrected chi connectivity index (χ2v) is 6.85. The minimum atomic E-state index is 0.641. The van der Waals surface area contributed by atoms with Crippen LogP contribution in [-0.4, -0.2) is 9.97 Å². The SMILES string of the molecule is Cc1cc(-c2ccccc2)nc(SCc2ccc(Cl)cc2Cl)n1. The molecule has 23 heavy (non-hydrogen) atoms. The van der Waals surface area contributed by atoms with E-state index in [1.54, 1.807) is 17.8 Å². The number of aromatic nitrogens is 2. The van der Waals surface area contributed by atoms with Gasteiger partial charge in [0.1, 0.15) is 0 Å². The van der Waals surface area contributed by atoms with Gasteiger partial charge in [0.15, 0.2) is 5.16 Å². The molecule has 0 fully saturated rings. The molecule has 0 atom stereocenters. The molecule has 0 amide bonds. The van der Waals surface area contributed by atoms with Crippen molar-refractivity contribution in [2.45, 2.75) is 17.8 Å². The van der Waals surface area contributed by atoms with Gasteiger partial charge in [0.2, 0.25) is 0 Å². The zero-order valence-electron chi connectivity index (χ0n) is 12.5.